The molecule has 2 nitrogen and oxygen atoms in total. The van der Waals surface area contributed by atoms with Crippen molar-refractivity contribution in [1.82, 2.24) is 0 Å². The Morgan fingerprint density at radius 1 is 0.411 bits per heavy atom. The van der Waals surface area contributed by atoms with E-state index in [2.05, 4.69) is 228 Å². The van der Waals surface area contributed by atoms with E-state index >= 15 is 0 Å². The van der Waals surface area contributed by atoms with Gasteiger partial charge in [0.1, 0.15) is 0 Å². The SMILES string of the molecule is C1=CC2c3cc(N(c4ccc5c(-c6ccccc6)c6ccccc6c(-c6ccccc6)c5c4)c4cccc5ccccc45)ccc3N(c3ccccc3)C2C=C1. The number of nitrogens with zero attached hydrogens (tertiary/aromatic N) is 2. The van der Waals surface area contributed by atoms with Crippen LogP contribution in [0.15, 0.2) is 218 Å². The zero-order chi connectivity index (χ0) is 37.0. The number of fused-ring (bicyclic) bond motifs is 6. The highest BCUT2D eigenvalue weighted by Crippen LogP contribution is 2.51. The Bertz CT molecular complexity index is 2980. The molecule has 0 aromatic heterocycles. The Kier molecular flexibility index (Phi) is 7.67. The van der Waals surface area contributed by atoms with Crippen molar-refractivity contribution in [2.75, 3.05) is 9.80 Å². The fourth-order valence-corrected chi connectivity index (χ4v) is 9.33. The summed E-state index contributed by atoms with van der Waals surface area (Å²) in [6.07, 6.45) is 9.12. The van der Waals surface area contributed by atoms with Crippen LogP contribution in [0.5, 0.6) is 0 Å². The van der Waals surface area contributed by atoms with E-state index in [4.69, 9.17) is 0 Å². The molecule has 9 aromatic carbocycles. The van der Waals surface area contributed by atoms with Gasteiger partial charge >= 0.3 is 0 Å². The maximum Gasteiger partial charge on any atom is 0.0629 e. The maximum atomic E-state index is 2.50. The minimum absolute atomic E-state index is 0.220. The van der Waals surface area contributed by atoms with Gasteiger partial charge in [0.05, 0.1) is 11.7 Å². The average molecular weight is 715 g/mol. The van der Waals surface area contributed by atoms with Gasteiger partial charge < -0.3 is 9.80 Å². The smallest absolute Gasteiger partial charge is 0.0629 e. The topological polar surface area (TPSA) is 6.48 Å². The van der Waals surface area contributed by atoms with Crippen molar-refractivity contribution in [3.05, 3.63) is 224 Å². The number of hydrogen-bond acceptors (Lipinski definition) is 2. The molecule has 1 aliphatic carbocycles. The molecule has 0 saturated carbocycles. The van der Waals surface area contributed by atoms with E-state index in [1.807, 2.05) is 0 Å². The van der Waals surface area contributed by atoms with Crippen LogP contribution < -0.4 is 9.80 Å². The molecule has 0 N–H and O–H groups in total. The Morgan fingerprint density at radius 3 is 1.70 bits per heavy atom. The summed E-state index contributed by atoms with van der Waals surface area (Å²) in [5.41, 5.74) is 12.2. The molecule has 0 fully saturated rings. The van der Waals surface area contributed by atoms with Gasteiger partial charge in [-0.3, -0.25) is 0 Å². The first-order chi connectivity index (χ1) is 27.8. The molecule has 1 aliphatic heterocycles. The highest BCUT2D eigenvalue weighted by molar-refractivity contribution is 6.22. The molecule has 0 radical (unpaired) electrons. The van der Waals surface area contributed by atoms with Crippen molar-refractivity contribution in [1.29, 1.82) is 0 Å². The Labute approximate surface area is 327 Å². The van der Waals surface area contributed by atoms with Crippen LogP contribution in [0.4, 0.5) is 28.4 Å². The van der Waals surface area contributed by atoms with Crippen LogP contribution >= 0.6 is 0 Å². The first-order valence-electron chi connectivity index (χ1n) is 19.5. The third-order valence-corrected chi connectivity index (χ3v) is 11.7. The summed E-state index contributed by atoms with van der Waals surface area (Å²) in [6.45, 7) is 0. The van der Waals surface area contributed by atoms with Gasteiger partial charge in [-0.1, -0.05) is 170 Å². The number of anilines is 5. The summed E-state index contributed by atoms with van der Waals surface area (Å²) < 4.78 is 0. The lowest BCUT2D eigenvalue weighted by molar-refractivity contribution is 0.745. The fraction of sp³-hybridized carbons (Fsp3) is 0.0370. The summed E-state index contributed by atoms with van der Waals surface area (Å²) >= 11 is 0. The number of hydrogen-bond donors (Lipinski definition) is 0. The highest BCUT2D eigenvalue weighted by Gasteiger charge is 2.38. The van der Waals surface area contributed by atoms with Crippen LogP contribution in [0.25, 0.3) is 54.6 Å². The zero-order valence-electron chi connectivity index (χ0n) is 30.8. The third kappa shape index (κ3) is 5.18. The molecule has 0 saturated heterocycles. The van der Waals surface area contributed by atoms with Gasteiger partial charge in [-0.2, -0.15) is 0 Å². The Morgan fingerprint density at radius 2 is 0.964 bits per heavy atom. The highest BCUT2D eigenvalue weighted by atomic mass is 15.2. The van der Waals surface area contributed by atoms with E-state index in [-0.39, 0.29) is 12.0 Å². The molecule has 2 unspecified atom stereocenters. The number of rotatable bonds is 6. The molecule has 2 atom stereocenters. The molecule has 1 heterocycles. The van der Waals surface area contributed by atoms with Crippen LogP contribution in [0, 0.1) is 0 Å². The summed E-state index contributed by atoms with van der Waals surface area (Å²) in [7, 11) is 0. The van der Waals surface area contributed by atoms with E-state index < -0.39 is 0 Å². The predicted octanol–water partition coefficient (Wildman–Crippen LogP) is 14.7. The standard InChI is InChI=1S/C54H38N2/c1-4-18-38(19-5-1)53-45-27-12-13-28-46(45)54(39-20-6-2-7-21-39)49-36-41(31-33-47(49)53)55(50-30-16-22-37-17-10-11-25-43(37)50)42-32-34-52-48(35-42)44-26-14-15-29-51(44)56(52)40-23-8-3-9-24-40/h1-36,44,51H. The molecular formula is C54H38N2. The normalized spacial score (nSPS) is 15.7. The van der Waals surface area contributed by atoms with E-state index in [1.165, 1.54) is 71.5 Å². The van der Waals surface area contributed by atoms with Gasteiger partial charge in [0.2, 0.25) is 0 Å². The molecule has 56 heavy (non-hydrogen) atoms. The fourth-order valence-electron chi connectivity index (χ4n) is 9.33. The quantitative estimate of drug-likeness (QED) is 0.158. The van der Waals surface area contributed by atoms with Crippen molar-refractivity contribution < 1.29 is 0 Å². The van der Waals surface area contributed by atoms with E-state index in [1.54, 1.807) is 0 Å². The molecule has 2 aliphatic rings. The first kappa shape index (κ1) is 32.3. The van der Waals surface area contributed by atoms with Gasteiger partial charge in [0.25, 0.3) is 0 Å². The van der Waals surface area contributed by atoms with Crippen LogP contribution in [0.2, 0.25) is 0 Å². The Balaban J connectivity index is 1.19. The molecule has 11 rings (SSSR count). The molecular weight excluding hydrogens is 677 g/mol. The van der Waals surface area contributed by atoms with E-state index in [0.717, 1.165) is 17.1 Å². The Hall–Kier alpha value is -7.16. The lowest BCUT2D eigenvalue weighted by Crippen LogP contribution is -2.28. The summed E-state index contributed by atoms with van der Waals surface area (Å²) in [5, 5.41) is 7.41. The van der Waals surface area contributed by atoms with Crippen molar-refractivity contribution in [2.24, 2.45) is 0 Å². The van der Waals surface area contributed by atoms with E-state index in [9.17, 15) is 0 Å². The average Bonchev–Trinajstić information content (AvgIpc) is 3.60. The lowest BCUT2D eigenvalue weighted by Gasteiger charge is -2.29. The minimum Gasteiger partial charge on any atom is -0.333 e. The summed E-state index contributed by atoms with van der Waals surface area (Å²) in [5.74, 6) is 0.241. The maximum absolute atomic E-state index is 2.50. The van der Waals surface area contributed by atoms with Crippen molar-refractivity contribution in [3.8, 4) is 22.3 Å². The largest absolute Gasteiger partial charge is 0.333 e. The second-order valence-electron chi connectivity index (χ2n) is 14.8. The van der Waals surface area contributed by atoms with Crippen LogP contribution in [0.1, 0.15) is 11.5 Å². The molecule has 9 aromatic rings. The van der Waals surface area contributed by atoms with Crippen LogP contribution in [-0.4, -0.2) is 6.04 Å². The van der Waals surface area contributed by atoms with Crippen molar-refractivity contribution in [2.45, 2.75) is 12.0 Å². The lowest BCUT2D eigenvalue weighted by atomic mass is 9.85. The van der Waals surface area contributed by atoms with Gasteiger partial charge in [0.15, 0.2) is 0 Å². The molecule has 2 heteroatoms. The third-order valence-electron chi connectivity index (χ3n) is 11.7. The number of para-hydroxylation sites is 1. The zero-order valence-corrected chi connectivity index (χ0v) is 30.8. The minimum atomic E-state index is 0.220. The molecule has 264 valence electrons. The molecule has 0 amide bonds. The summed E-state index contributed by atoms with van der Waals surface area (Å²) in [6, 6.07) is 71.4. The van der Waals surface area contributed by atoms with Gasteiger partial charge in [-0.05, 0) is 103 Å². The molecule has 0 spiro atoms. The molecule has 0 bridgehead atoms. The predicted molar refractivity (Wildman–Crippen MR) is 238 cm³/mol. The van der Waals surface area contributed by atoms with Crippen LogP contribution in [-0.2, 0) is 0 Å². The van der Waals surface area contributed by atoms with Gasteiger partial charge in [-0.25, -0.2) is 0 Å². The number of allylic oxidation sites excluding steroid dienone is 2. The number of benzene rings is 9. The second-order valence-corrected chi connectivity index (χ2v) is 14.8. The van der Waals surface area contributed by atoms with Crippen molar-refractivity contribution >= 4 is 60.8 Å². The second kappa shape index (κ2) is 13.3. The van der Waals surface area contributed by atoms with Crippen molar-refractivity contribution in [3.63, 3.8) is 0 Å². The van der Waals surface area contributed by atoms with Crippen LogP contribution in [0.3, 0.4) is 0 Å². The summed E-state index contributed by atoms with van der Waals surface area (Å²) in [4.78, 5) is 4.99. The monoisotopic (exact) mass is 714 g/mol. The van der Waals surface area contributed by atoms with E-state index in [0.29, 0.717) is 0 Å². The van der Waals surface area contributed by atoms with Gasteiger partial charge in [-0.15, -0.1) is 0 Å². The first-order valence-corrected chi connectivity index (χ1v) is 19.5. The van der Waals surface area contributed by atoms with Gasteiger partial charge in [0, 0.05) is 34.1 Å².